The molecule has 1 nitrogen and oxygen atoms in total. The number of hydrogen-bond acceptors (Lipinski definition) is 1. The van der Waals surface area contributed by atoms with Gasteiger partial charge in [-0.2, -0.15) is 0 Å². The van der Waals surface area contributed by atoms with Crippen molar-refractivity contribution in [3.63, 3.8) is 0 Å². The van der Waals surface area contributed by atoms with Crippen LogP contribution in [0, 0.1) is 6.92 Å². The van der Waals surface area contributed by atoms with Gasteiger partial charge in [0, 0.05) is 7.05 Å². The smallest absolute Gasteiger partial charge is 0.00277 e. The predicted molar refractivity (Wildman–Crippen MR) is 82.3 cm³/mol. The molecule has 0 aromatic heterocycles. The third kappa shape index (κ3) is 4.46. The molecule has 1 aromatic rings. The van der Waals surface area contributed by atoms with Crippen molar-refractivity contribution in [2.24, 2.45) is 0 Å². The first-order valence-corrected chi connectivity index (χ1v) is 6.19. The van der Waals surface area contributed by atoms with E-state index in [0.717, 1.165) is 0 Å². The van der Waals surface area contributed by atoms with E-state index in [1.54, 1.807) is 0 Å². The number of allylic oxidation sites excluding steroid dienone is 5. The third-order valence-electron chi connectivity index (χ3n) is 2.56. The Morgan fingerprint density at radius 3 is 2.50 bits per heavy atom. The first-order chi connectivity index (χ1) is 8.79. The first-order valence-electron chi connectivity index (χ1n) is 6.19. The molecule has 1 aromatic carbocycles. The van der Waals surface area contributed by atoms with Crippen LogP contribution in [-0.2, 0) is 0 Å². The Bertz CT molecular complexity index is 476. The van der Waals surface area contributed by atoms with Crippen molar-refractivity contribution < 1.29 is 0 Å². The van der Waals surface area contributed by atoms with Gasteiger partial charge < -0.3 is 5.32 Å². The molecule has 0 aliphatic heterocycles. The van der Waals surface area contributed by atoms with E-state index in [0.29, 0.717) is 0 Å². The van der Waals surface area contributed by atoms with Gasteiger partial charge in [-0.15, -0.1) is 0 Å². The van der Waals surface area contributed by atoms with Crippen LogP contribution in [0.1, 0.15) is 23.6 Å². The lowest BCUT2D eigenvalue weighted by molar-refractivity contribution is 1.10. The Kier molecular flexibility index (Phi) is 6.34. The van der Waals surface area contributed by atoms with Crippen molar-refractivity contribution in [2.75, 3.05) is 7.05 Å². The second kappa shape index (κ2) is 8.13. The maximum absolute atomic E-state index is 2.94. The molecule has 0 atom stereocenters. The Balaban J connectivity index is 2.84. The van der Waals surface area contributed by atoms with Gasteiger partial charge in [0.05, 0.1) is 0 Å². The minimum absolute atomic E-state index is 1.25. The van der Waals surface area contributed by atoms with Gasteiger partial charge in [0.2, 0.25) is 0 Å². The lowest BCUT2D eigenvalue weighted by Crippen LogP contribution is -1.89. The molecule has 0 saturated carbocycles. The third-order valence-corrected chi connectivity index (χ3v) is 2.56. The molecule has 18 heavy (non-hydrogen) atoms. The number of nitrogens with one attached hydrogen (secondary N) is 1. The van der Waals surface area contributed by atoms with Gasteiger partial charge >= 0.3 is 0 Å². The van der Waals surface area contributed by atoms with Crippen LogP contribution >= 0.6 is 0 Å². The summed E-state index contributed by atoms with van der Waals surface area (Å²) >= 11 is 0. The molecule has 0 aliphatic rings. The maximum Gasteiger partial charge on any atom is 0.00277 e. The van der Waals surface area contributed by atoms with E-state index in [9.17, 15) is 0 Å². The molecule has 0 spiro atoms. The quantitative estimate of drug-likeness (QED) is 0.754. The average Bonchev–Trinajstić information content (AvgIpc) is 2.37. The van der Waals surface area contributed by atoms with Gasteiger partial charge in [-0.25, -0.2) is 0 Å². The zero-order valence-corrected chi connectivity index (χ0v) is 11.4. The molecular weight excluding hydrogens is 218 g/mol. The molecule has 1 N–H and O–H groups in total. The van der Waals surface area contributed by atoms with Gasteiger partial charge in [-0.3, -0.25) is 0 Å². The van der Waals surface area contributed by atoms with Crippen LogP contribution in [0.5, 0.6) is 0 Å². The number of rotatable bonds is 5. The molecular formula is C17H21N. The molecule has 0 bridgehead atoms. The summed E-state index contributed by atoms with van der Waals surface area (Å²) in [7, 11) is 1.89. The standard InChI is InChI=1S/C17H21N/c1-4-10-17-15(2)11-9-13-16(17)12-7-5-6-8-14-18-3/h4-14,18H,1-3H3/b6-5-,10-4-,12-7-,14-8+. The lowest BCUT2D eigenvalue weighted by atomic mass is 10.0. The SMILES string of the molecule is C/C=C\c1c(C)cccc1\C=C/C=C\C=C\NC. The molecule has 0 aliphatic carbocycles. The van der Waals surface area contributed by atoms with E-state index >= 15 is 0 Å². The fraction of sp³-hybridized carbons (Fsp3) is 0.176. The molecule has 94 valence electrons. The van der Waals surface area contributed by atoms with E-state index in [-0.39, 0.29) is 0 Å². The predicted octanol–water partition coefficient (Wildman–Crippen LogP) is 4.33. The van der Waals surface area contributed by atoms with Gasteiger partial charge in [-0.05, 0) is 42.8 Å². The van der Waals surface area contributed by atoms with Crippen LogP contribution < -0.4 is 5.32 Å². The van der Waals surface area contributed by atoms with Crippen molar-refractivity contribution in [2.45, 2.75) is 13.8 Å². The Hall–Kier alpha value is -2.02. The van der Waals surface area contributed by atoms with E-state index in [1.165, 1.54) is 16.7 Å². The van der Waals surface area contributed by atoms with Crippen LogP contribution in [-0.4, -0.2) is 7.05 Å². The van der Waals surface area contributed by atoms with E-state index < -0.39 is 0 Å². The lowest BCUT2D eigenvalue weighted by Gasteiger charge is -2.04. The molecule has 0 radical (unpaired) electrons. The average molecular weight is 239 g/mol. The van der Waals surface area contributed by atoms with Crippen molar-refractivity contribution in [3.05, 3.63) is 71.5 Å². The van der Waals surface area contributed by atoms with Crippen molar-refractivity contribution in [3.8, 4) is 0 Å². The van der Waals surface area contributed by atoms with Crippen LogP contribution in [0.25, 0.3) is 12.2 Å². The summed E-state index contributed by atoms with van der Waals surface area (Å²) < 4.78 is 0. The molecule has 0 fully saturated rings. The molecule has 0 heterocycles. The number of aryl methyl sites for hydroxylation is 1. The van der Waals surface area contributed by atoms with E-state index in [2.05, 4.69) is 54.7 Å². The van der Waals surface area contributed by atoms with Crippen molar-refractivity contribution in [1.29, 1.82) is 0 Å². The number of hydrogen-bond donors (Lipinski definition) is 1. The topological polar surface area (TPSA) is 12.0 Å². The van der Waals surface area contributed by atoms with Crippen LogP contribution in [0.2, 0.25) is 0 Å². The Labute approximate surface area is 110 Å². The monoisotopic (exact) mass is 239 g/mol. The minimum atomic E-state index is 1.25. The highest BCUT2D eigenvalue weighted by Crippen LogP contribution is 2.17. The van der Waals surface area contributed by atoms with Gasteiger partial charge in [-0.1, -0.05) is 54.7 Å². The number of benzene rings is 1. The van der Waals surface area contributed by atoms with Gasteiger partial charge in [0.1, 0.15) is 0 Å². The zero-order valence-electron chi connectivity index (χ0n) is 11.4. The first kappa shape index (κ1) is 14.0. The Morgan fingerprint density at radius 2 is 1.78 bits per heavy atom. The maximum atomic E-state index is 2.94. The minimum Gasteiger partial charge on any atom is -0.394 e. The molecule has 0 saturated heterocycles. The summed E-state index contributed by atoms with van der Waals surface area (Å²) in [5.41, 5.74) is 3.83. The fourth-order valence-electron chi connectivity index (χ4n) is 1.68. The molecule has 0 amide bonds. The molecule has 1 rings (SSSR count). The molecule has 1 heteroatoms. The van der Waals surface area contributed by atoms with E-state index in [1.807, 2.05) is 38.4 Å². The Morgan fingerprint density at radius 1 is 1.00 bits per heavy atom. The highest BCUT2D eigenvalue weighted by Gasteiger charge is 1.97. The van der Waals surface area contributed by atoms with Gasteiger partial charge in [0.15, 0.2) is 0 Å². The highest BCUT2D eigenvalue weighted by molar-refractivity contribution is 5.68. The summed E-state index contributed by atoms with van der Waals surface area (Å²) in [5, 5.41) is 2.94. The van der Waals surface area contributed by atoms with Crippen LogP contribution in [0.4, 0.5) is 0 Å². The zero-order chi connectivity index (χ0) is 13.2. The summed E-state index contributed by atoms with van der Waals surface area (Å²) in [4.78, 5) is 0. The molecule has 0 unspecified atom stereocenters. The van der Waals surface area contributed by atoms with Crippen LogP contribution in [0.3, 0.4) is 0 Å². The summed E-state index contributed by atoms with van der Waals surface area (Å²) in [6.07, 6.45) is 16.3. The van der Waals surface area contributed by atoms with Gasteiger partial charge in [0.25, 0.3) is 0 Å². The second-order valence-electron chi connectivity index (χ2n) is 3.97. The largest absolute Gasteiger partial charge is 0.394 e. The second-order valence-corrected chi connectivity index (χ2v) is 3.97. The van der Waals surface area contributed by atoms with Crippen molar-refractivity contribution >= 4 is 12.2 Å². The highest BCUT2D eigenvalue weighted by atomic mass is 14.8. The van der Waals surface area contributed by atoms with Crippen molar-refractivity contribution in [1.82, 2.24) is 5.32 Å². The normalized spacial score (nSPS) is 12.4. The summed E-state index contributed by atoms with van der Waals surface area (Å²) in [6.45, 7) is 4.18. The summed E-state index contributed by atoms with van der Waals surface area (Å²) in [6, 6.07) is 6.36. The summed E-state index contributed by atoms with van der Waals surface area (Å²) in [5.74, 6) is 0. The fourth-order valence-corrected chi connectivity index (χ4v) is 1.68. The van der Waals surface area contributed by atoms with Crippen LogP contribution in [0.15, 0.2) is 54.8 Å². The van der Waals surface area contributed by atoms with E-state index in [4.69, 9.17) is 0 Å².